The van der Waals surface area contributed by atoms with Crippen molar-refractivity contribution in [2.24, 2.45) is 5.73 Å². The summed E-state index contributed by atoms with van der Waals surface area (Å²) in [5, 5.41) is 13.1. The Bertz CT molecular complexity index is 1060. The lowest BCUT2D eigenvalue weighted by Gasteiger charge is -2.26. The summed E-state index contributed by atoms with van der Waals surface area (Å²) in [4.78, 5) is 45.6. The largest absolute Gasteiger partial charge is 0.370 e. The van der Waals surface area contributed by atoms with E-state index in [4.69, 9.17) is 11.1 Å². The quantitative estimate of drug-likeness (QED) is 0.334. The Balaban J connectivity index is 0.00000408. The summed E-state index contributed by atoms with van der Waals surface area (Å²) >= 11 is 1.14. The number of aromatic nitrogens is 1. The average Bonchev–Trinajstić information content (AvgIpc) is 3.38. The molecule has 0 spiro atoms. The second kappa shape index (κ2) is 11.8. The van der Waals surface area contributed by atoms with Crippen molar-refractivity contribution in [3.63, 3.8) is 0 Å². The molecular formula is C22H30ClN7O3S. The fraction of sp³-hybridized carbons (Fsp3) is 0.409. The van der Waals surface area contributed by atoms with Gasteiger partial charge in [0.2, 0.25) is 11.8 Å². The summed E-state index contributed by atoms with van der Waals surface area (Å²) in [5.74, 6) is -0.706. The monoisotopic (exact) mass is 507 g/mol. The Kier molecular flexibility index (Phi) is 9.39. The van der Waals surface area contributed by atoms with Gasteiger partial charge in [0.15, 0.2) is 11.1 Å². The van der Waals surface area contributed by atoms with Gasteiger partial charge in [-0.05, 0) is 43.4 Å². The molecule has 184 valence electrons. The molecule has 0 unspecified atom stereocenters. The van der Waals surface area contributed by atoms with E-state index in [9.17, 15) is 14.4 Å². The molecule has 0 aliphatic carbocycles. The minimum atomic E-state index is -0.479. The maximum Gasteiger partial charge on any atom is 0.266 e. The van der Waals surface area contributed by atoms with Gasteiger partial charge >= 0.3 is 0 Å². The number of rotatable bonds is 7. The number of anilines is 2. The van der Waals surface area contributed by atoms with Gasteiger partial charge in [0.1, 0.15) is 10.9 Å². The maximum absolute atomic E-state index is 13.4. The Morgan fingerprint density at radius 1 is 1.21 bits per heavy atom. The van der Waals surface area contributed by atoms with E-state index in [1.54, 1.807) is 19.0 Å². The zero-order valence-electron chi connectivity index (χ0n) is 19.4. The Morgan fingerprint density at radius 3 is 2.47 bits per heavy atom. The summed E-state index contributed by atoms with van der Waals surface area (Å²) < 4.78 is 0. The molecule has 1 atom stereocenters. The van der Waals surface area contributed by atoms with Crippen LogP contribution in [0.3, 0.4) is 0 Å². The Labute approximate surface area is 208 Å². The van der Waals surface area contributed by atoms with Crippen LogP contribution >= 0.6 is 23.7 Å². The summed E-state index contributed by atoms with van der Waals surface area (Å²) in [6.07, 6.45) is 2.53. The maximum atomic E-state index is 13.4. The van der Waals surface area contributed by atoms with E-state index < -0.39 is 6.04 Å². The van der Waals surface area contributed by atoms with Crippen molar-refractivity contribution in [2.45, 2.75) is 38.6 Å². The highest BCUT2D eigenvalue weighted by atomic mass is 35.5. The molecule has 1 aromatic heterocycles. The molecule has 1 fully saturated rings. The lowest BCUT2D eigenvalue weighted by Crippen LogP contribution is -2.45. The summed E-state index contributed by atoms with van der Waals surface area (Å²) in [6.45, 7) is 1.91. The molecule has 3 rings (SSSR count). The van der Waals surface area contributed by atoms with E-state index in [1.165, 1.54) is 11.8 Å². The number of guanidine groups is 1. The normalized spacial score (nSPS) is 14.8. The fourth-order valence-corrected chi connectivity index (χ4v) is 4.77. The number of nitrogens with one attached hydrogen (secondary N) is 3. The number of halogens is 1. The van der Waals surface area contributed by atoms with Crippen molar-refractivity contribution in [2.75, 3.05) is 31.3 Å². The molecule has 12 heteroatoms. The van der Waals surface area contributed by atoms with Gasteiger partial charge in [0, 0.05) is 33.3 Å². The second-order valence-corrected chi connectivity index (χ2v) is 9.10. The molecule has 1 aliphatic heterocycles. The highest BCUT2D eigenvalue weighted by molar-refractivity contribution is 7.17. The first-order valence-corrected chi connectivity index (χ1v) is 11.5. The first-order chi connectivity index (χ1) is 15.7. The topological polar surface area (TPSA) is 145 Å². The first kappa shape index (κ1) is 27.1. The minimum absolute atomic E-state index is 0. The smallest absolute Gasteiger partial charge is 0.266 e. The van der Waals surface area contributed by atoms with E-state index in [0.29, 0.717) is 47.2 Å². The fourth-order valence-electron chi connectivity index (χ4n) is 3.76. The minimum Gasteiger partial charge on any atom is -0.370 e. The standard InChI is InChI=1S/C22H29N7O3S.ClH/c1-13(30)25-22-27-16(11-8-14-6-9-15(10-7-14)26-21(23)24)18(33-22)20(32)29-12-4-5-17(29)19(31)28(2)3;/h6-7,9-10,17H,4-5,8,11-12H2,1-3H3,(H4,23,24,26)(H,25,27,30);1H/t17-;/m0./s1. The van der Waals surface area contributed by atoms with E-state index in [1.807, 2.05) is 24.3 Å². The van der Waals surface area contributed by atoms with Gasteiger partial charge in [-0.2, -0.15) is 0 Å². The van der Waals surface area contributed by atoms with Crippen LogP contribution in [0.1, 0.15) is 40.7 Å². The highest BCUT2D eigenvalue weighted by Crippen LogP contribution is 2.29. The van der Waals surface area contributed by atoms with Crippen LogP contribution in [0.2, 0.25) is 0 Å². The summed E-state index contributed by atoms with van der Waals surface area (Å²) in [7, 11) is 3.38. The predicted octanol–water partition coefficient (Wildman–Crippen LogP) is 2.31. The third-order valence-electron chi connectivity index (χ3n) is 5.30. The van der Waals surface area contributed by atoms with Crippen molar-refractivity contribution in [1.82, 2.24) is 14.8 Å². The number of carbonyl (C=O) groups excluding carboxylic acids is 3. The predicted molar refractivity (Wildman–Crippen MR) is 136 cm³/mol. The van der Waals surface area contributed by atoms with Gasteiger partial charge in [-0.15, -0.1) is 12.4 Å². The number of amides is 3. The van der Waals surface area contributed by atoms with Crippen LogP contribution in [0.25, 0.3) is 0 Å². The van der Waals surface area contributed by atoms with Crippen LogP contribution in [0.4, 0.5) is 10.8 Å². The lowest BCUT2D eigenvalue weighted by atomic mass is 10.1. The molecule has 1 aromatic carbocycles. The van der Waals surface area contributed by atoms with Gasteiger partial charge in [0.25, 0.3) is 5.91 Å². The second-order valence-electron chi connectivity index (χ2n) is 8.10. The van der Waals surface area contributed by atoms with Gasteiger partial charge in [-0.1, -0.05) is 23.5 Å². The van der Waals surface area contributed by atoms with E-state index in [0.717, 1.165) is 23.3 Å². The molecule has 34 heavy (non-hydrogen) atoms. The molecular weight excluding hydrogens is 478 g/mol. The number of likely N-dealkylation sites (tertiary alicyclic amines) is 1. The van der Waals surface area contributed by atoms with Crippen molar-refractivity contribution in [3.05, 3.63) is 40.4 Å². The van der Waals surface area contributed by atoms with Gasteiger partial charge in [-0.25, -0.2) is 4.98 Å². The average molecular weight is 508 g/mol. The number of benzene rings is 1. The molecule has 2 heterocycles. The zero-order valence-corrected chi connectivity index (χ0v) is 21.0. The number of carbonyl (C=O) groups is 3. The number of nitrogens with two attached hydrogens (primary N) is 1. The van der Waals surface area contributed by atoms with Crippen LogP contribution in [-0.2, 0) is 22.4 Å². The van der Waals surface area contributed by atoms with Crippen LogP contribution < -0.4 is 16.4 Å². The zero-order chi connectivity index (χ0) is 24.1. The number of hydrogen-bond donors (Lipinski definition) is 4. The van der Waals surface area contributed by atoms with Gasteiger partial charge in [-0.3, -0.25) is 19.8 Å². The lowest BCUT2D eigenvalue weighted by molar-refractivity contribution is -0.132. The first-order valence-electron chi connectivity index (χ1n) is 10.6. The number of nitrogens with zero attached hydrogens (tertiary/aromatic N) is 3. The molecule has 0 radical (unpaired) electrons. The molecule has 2 aromatic rings. The third kappa shape index (κ3) is 6.67. The third-order valence-corrected chi connectivity index (χ3v) is 6.30. The van der Waals surface area contributed by atoms with Crippen molar-refractivity contribution in [1.29, 1.82) is 5.41 Å². The molecule has 1 aliphatic rings. The van der Waals surface area contributed by atoms with Crippen LogP contribution in [0.15, 0.2) is 24.3 Å². The van der Waals surface area contributed by atoms with Gasteiger partial charge in [0.05, 0.1) is 5.69 Å². The number of aryl methyl sites for hydroxylation is 2. The molecule has 0 saturated carbocycles. The molecule has 10 nitrogen and oxygen atoms in total. The molecule has 5 N–H and O–H groups in total. The van der Waals surface area contributed by atoms with E-state index in [2.05, 4.69) is 15.6 Å². The van der Waals surface area contributed by atoms with Crippen LogP contribution in [-0.4, -0.2) is 65.1 Å². The number of hydrogen-bond acceptors (Lipinski definition) is 6. The number of thiazole rings is 1. The van der Waals surface area contributed by atoms with Crippen molar-refractivity contribution >= 4 is 58.2 Å². The summed E-state index contributed by atoms with van der Waals surface area (Å²) in [5.41, 5.74) is 7.69. The highest BCUT2D eigenvalue weighted by Gasteiger charge is 2.37. The van der Waals surface area contributed by atoms with E-state index >= 15 is 0 Å². The van der Waals surface area contributed by atoms with Crippen molar-refractivity contribution < 1.29 is 14.4 Å². The Hall–Kier alpha value is -3.18. The molecule has 1 saturated heterocycles. The molecule has 0 bridgehead atoms. The molecule has 3 amide bonds. The van der Waals surface area contributed by atoms with Gasteiger partial charge < -0.3 is 26.2 Å². The SMILES string of the molecule is CC(=O)Nc1nc(CCc2ccc(NC(=N)N)cc2)c(C(=O)N2CCC[C@H]2C(=O)N(C)C)s1.Cl. The van der Waals surface area contributed by atoms with Crippen molar-refractivity contribution in [3.8, 4) is 0 Å². The van der Waals surface area contributed by atoms with Crippen LogP contribution in [0.5, 0.6) is 0 Å². The van der Waals surface area contributed by atoms with E-state index in [-0.39, 0.29) is 36.1 Å². The summed E-state index contributed by atoms with van der Waals surface area (Å²) in [6, 6.07) is 7.01. The number of likely N-dealkylation sites (N-methyl/N-ethyl adjacent to an activating group) is 1. The Morgan fingerprint density at radius 2 is 1.88 bits per heavy atom. The van der Waals surface area contributed by atoms with Crippen LogP contribution in [0, 0.1) is 5.41 Å².